The van der Waals surface area contributed by atoms with Crippen molar-refractivity contribution in [2.24, 2.45) is 0 Å². The zero-order valence-electron chi connectivity index (χ0n) is 16.7. The van der Waals surface area contributed by atoms with Crippen LogP contribution in [-0.2, 0) is 6.42 Å². The second kappa shape index (κ2) is 7.53. The third-order valence-electron chi connectivity index (χ3n) is 5.71. The van der Waals surface area contributed by atoms with E-state index < -0.39 is 12.2 Å². The van der Waals surface area contributed by atoms with Crippen LogP contribution < -0.4 is 15.4 Å². The molecule has 1 aliphatic heterocycles. The second-order valence-electron chi connectivity index (χ2n) is 7.68. The summed E-state index contributed by atoms with van der Waals surface area (Å²) in [6.45, 7) is 6.53. The van der Waals surface area contributed by atoms with Crippen molar-refractivity contribution in [2.45, 2.75) is 51.2 Å². The summed E-state index contributed by atoms with van der Waals surface area (Å²) >= 11 is 0. The molecule has 0 bridgehead atoms. The maximum Gasteiger partial charge on any atom is 0.318 e. The number of nitrogens with one attached hydrogen (secondary N) is 2. The van der Waals surface area contributed by atoms with Crippen LogP contribution in [0.15, 0.2) is 42.8 Å². The highest BCUT2D eigenvalue weighted by molar-refractivity contribution is 5.73. The van der Waals surface area contributed by atoms with E-state index in [1.807, 2.05) is 25.1 Å². The van der Waals surface area contributed by atoms with Gasteiger partial charge in [0.05, 0.1) is 17.3 Å². The molecular formula is C23H25F2N3O. The topological polar surface area (TPSA) is 46.2 Å². The maximum absolute atomic E-state index is 15.2. The number of hydrogen-bond acceptors (Lipinski definition) is 4. The second-order valence-corrected chi connectivity index (χ2v) is 7.68. The van der Waals surface area contributed by atoms with Crippen molar-refractivity contribution in [2.75, 3.05) is 11.9 Å². The van der Waals surface area contributed by atoms with Gasteiger partial charge in [0.2, 0.25) is 0 Å². The van der Waals surface area contributed by atoms with E-state index in [0.717, 1.165) is 34.5 Å². The summed E-state index contributed by atoms with van der Waals surface area (Å²) in [5.74, 6) is 0.118. The number of alkyl halides is 2. The molecule has 4 rings (SSSR count). The van der Waals surface area contributed by atoms with Gasteiger partial charge in [0, 0.05) is 24.0 Å². The maximum atomic E-state index is 15.2. The number of nitrogens with zero attached hydrogens (tertiary/aromatic N) is 1. The van der Waals surface area contributed by atoms with Crippen molar-refractivity contribution in [1.29, 1.82) is 0 Å². The van der Waals surface area contributed by atoms with E-state index in [1.54, 1.807) is 12.3 Å². The summed E-state index contributed by atoms with van der Waals surface area (Å²) in [7, 11) is 0. The van der Waals surface area contributed by atoms with Crippen LogP contribution in [0.2, 0.25) is 0 Å². The molecule has 2 N–H and O–H groups in total. The van der Waals surface area contributed by atoms with Crippen LogP contribution in [0.4, 0.5) is 14.5 Å². The van der Waals surface area contributed by atoms with Gasteiger partial charge in [-0.15, -0.1) is 5.73 Å². The SMILES string of the molecule is C=C=CNCC(c1cc(C)c(CC)c(-c2ccc3c(c2)NC(F)O3)n1)C1(F)CC1. The highest BCUT2D eigenvalue weighted by Crippen LogP contribution is 2.51. The molecule has 2 aromatic rings. The minimum absolute atomic E-state index is 0.360. The van der Waals surface area contributed by atoms with Crippen LogP contribution in [-0.4, -0.2) is 23.7 Å². The molecule has 1 aromatic heterocycles. The summed E-state index contributed by atoms with van der Waals surface area (Å²) in [6.07, 6.45) is 3.48. The van der Waals surface area contributed by atoms with Crippen LogP contribution >= 0.6 is 0 Å². The Kier molecular flexibility index (Phi) is 5.05. The van der Waals surface area contributed by atoms with E-state index in [-0.39, 0.29) is 5.92 Å². The first-order chi connectivity index (χ1) is 13.9. The lowest BCUT2D eigenvalue weighted by Crippen LogP contribution is -2.27. The molecule has 1 fully saturated rings. The molecule has 1 aromatic carbocycles. The van der Waals surface area contributed by atoms with Crippen LogP contribution in [0, 0.1) is 6.92 Å². The number of fused-ring (bicyclic) bond motifs is 1. The van der Waals surface area contributed by atoms with Gasteiger partial charge in [0.25, 0.3) is 0 Å². The minimum Gasteiger partial charge on any atom is -0.441 e. The number of aryl methyl sites for hydroxylation is 1. The lowest BCUT2D eigenvalue weighted by Gasteiger charge is -2.23. The predicted octanol–water partition coefficient (Wildman–Crippen LogP) is 5.15. The van der Waals surface area contributed by atoms with E-state index >= 15 is 4.39 Å². The van der Waals surface area contributed by atoms with Crippen LogP contribution in [0.1, 0.15) is 42.5 Å². The van der Waals surface area contributed by atoms with Gasteiger partial charge >= 0.3 is 6.48 Å². The van der Waals surface area contributed by atoms with Gasteiger partial charge in [-0.05, 0) is 61.6 Å². The van der Waals surface area contributed by atoms with Crippen LogP contribution in [0.25, 0.3) is 11.3 Å². The van der Waals surface area contributed by atoms with Gasteiger partial charge in [-0.1, -0.05) is 13.5 Å². The Bertz CT molecular complexity index is 980. The Morgan fingerprint density at radius 1 is 1.45 bits per heavy atom. The number of anilines is 1. The van der Waals surface area contributed by atoms with Crippen molar-refractivity contribution in [3.05, 3.63) is 59.6 Å². The third kappa shape index (κ3) is 3.73. The fourth-order valence-corrected chi connectivity index (χ4v) is 4.01. The summed E-state index contributed by atoms with van der Waals surface area (Å²) < 4.78 is 33.7. The van der Waals surface area contributed by atoms with E-state index in [0.29, 0.717) is 30.8 Å². The van der Waals surface area contributed by atoms with Crippen molar-refractivity contribution in [3.8, 4) is 17.0 Å². The predicted molar refractivity (Wildman–Crippen MR) is 110 cm³/mol. The van der Waals surface area contributed by atoms with E-state index in [1.165, 1.54) is 0 Å². The molecule has 6 heteroatoms. The Hall–Kier alpha value is -2.85. The minimum atomic E-state index is -1.54. The van der Waals surface area contributed by atoms with Gasteiger partial charge in [0.1, 0.15) is 11.4 Å². The van der Waals surface area contributed by atoms with Crippen molar-refractivity contribution < 1.29 is 13.5 Å². The summed E-state index contributed by atoms with van der Waals surface area (Å²) in [6, 6.07) is 7.46. The molecule has 152 valence electrons. The molecule has 0 radical (unpaired) electrons. The first-order valence-electron chi connectivity index (χ1n) is 9.94. The van der Waals surface area contributed by atoms with E-state index in [9.17, 15) is 4.39 Å². The van der Waals surface area contributed by atoms with Gasteiger partial charge in [0.15, 0.2) is 0 Å². The molecule has 0 amide bonds. The zero-order valence-corrected chi connectivity index (χ0v) is 16.7. The van der Waals surface area contributed by atoms with Crippen molar-refractivity contribution in [1.82, 2.24) is 10.3 Å². The zero-order chi connectivity index (χ0) is 20.6. The molecular weight excluding hydrogens is 372 g/mol. The lowest BCUT2D eigenvalue weighted by molar-refractivity contribution is 0.112. The average molecular weight is 397 g/mol. The van der Waals surface area contributed by atoms with Gasteiger partial charge in [-0.25, -0.2) is 4.39 Å². The Morgan fingerprint density at radius 2 is 2.24 bits per heavy atom. The molecule has 0 saturated heterocycles. The summed E-state index contributed by atoms with van der Waals surface area (Å²) in [4.78, 5) is 4.91. The Balaban J connectivity index is 1.77. The Morgan fingerprint density at radius 3 is 2.93 bits per heavy atom. The normalized spacial score (nSPS) is 19.4. The van der Waals surface area contributed by atoms with Gasteiger partial charge in [-0.3, -0.25) is 4.98 Å². The van der Waals surface area contributed by atoms with Crippen molar-refractivity contribution >= 4 is 5.69 Å². The van der Waals surface area contributed by atoms with E-state index in [2.05, 4.69) is 29.9 Å². The standard InChI is InChI=1S/C23H25F2N3O/c1-4-10-26-13-17(23(25)8-9-23)18-11-14(3)16(5-2)21(27-18)15-6-7-20-19(12-15)28-22(24)29-20/h6-7,10-12,17,22,26,28H,1,5,8-9,13H2,2-3H3. The lowest BCUT2D eigenvalue weighted by atomic mass is 9.92. The average Bonchev–Trinajstić information content (AvgIpc) is 3.32. The molecule has 2 heterocycles. The molecule has 0 spiro atoms. The largest absolute Gasteiger partial charge is 0.441 e. The number of hydrogen-bond donors (Lipinski definition) is 2. The van der Waals surface area contributed by atoms with Crippen molar-refractivity contribution in [3.63, 3.8) is 0 Å². The molecule has 4 nitrogen and oxygen atoms in total. The fourth-order valence-electron chi connectivity index (χ4n) is 4.01. The molecule has 1 aliphatic carbocycles. The molecule has 1 saturated carbocycles. The monoisotopic (exact) mass is 397 g/mol. The van der Waals surface area contributed by atoms with Crippen LogP contribution in [0.3, 0.4) is 0 Å². The molecule has 2 aliphatic rings. The van der Waals surface area contributed by atoms with E-state index in [4.69, 9.17) is 9.72 Å². The first-order valence-corrected chi connectivity index (χ1v) is 9.94. The molecule has 2 atom stereocenters. The smallest absolute Gasteiger partial charge is 0.318 e. The summed E-state index contributed by atoms with van der Waals surface area (Å²) in [5.41, 5.74) is 6.60. The van der Waals surface area contributed by atoms with Crippen LogP contribution in [0.5, 0.6) is 5.75 Å². The highest BCUT2D eigenvalue weighted by atomic mass is 19.2. The number of benzene rings is 1. The molecule has 2 unspecified atom stereocenters. The number of pyridine rings is 1. The third-order valence-corrected chi connectivity index (χ3v) is 5.71. The fraction of sp³-hybridized carbons (Fsp3) is 0.391. The molecule has 29 heavy (non-hydrogen) atoms. The number of halogens is 2. The van der Waals surface area contributed by atoms with Gasteiger partial charge < -0.3 is 15.4 Å². The van der Waals surface area contributed by atoms with Gasteiger partial charge in [-0.2, -0.15) is 4.39 Å². The number of rotatable bonds is 7. The quantitative estimate of drug-likeness (QED) is 0.501. The first kappa shape index (κ1) is 19.5. The highest BCUT2D eigenvalue weighted by Gasteiger charge is 2.51. The summed E-state index contributed by atoms with van der Waals surface area (Å²) in [5, 5.41) is 5.74. The number of aromatic nitrogens is 1. The number of ether oxygens (including phenoxy) is 1. The Labute approximate surface area is 169 Å².